The van der Waals surface area contributed by atoms with E-state index < -0.39 is 0 Å². The molecule has 2 saturated heterocycles. The Hall–Kier alpha value is -1.79. The lowest BCUT2D eigenvalue weighted by molar-refractivity contribution is -0.127. The van der Waals surface area contributed by atoms with Crippen LogP contribution in [-0.4, -0.2) is 82.9 Å². The Morgan fingerprint density at radius 3 is 2.79 bits per heavy atom. The van der Waals surface area contributed by atoms with Crippen LogP contribution in [0.4, 0.5) is 0 Å². The van der Waals surface area contributed by atoms with E-state index in [2.05, 4.69) is 26.8 Å². The zero-order valence-electron chi connectivity index (χ0n) is 14.5. The fourth-order valence-electron chi connectivity index (χ4n) is 3.49. The molecule has 0 N–H and O–H groups in total. The van der Waals surface area contributed by atoms with E-state index >= 15 is 0 Å². The second-order valence-electron chi connectivity index (χ2n) is 6.72. The number of piperidine rings is 1. The van der Waals surface area contributed by atoms with Gasteiger partial charge in [-0.25, -0.2) is 9.97 Å². The maximum Gasteiger partial charge on any atom is 0.246 e. The molecule has 6 heteroatoms. The van der Waals surface area contributed by atoms with Gasteiger partial charge in [-0.15, -0.1) is 0 Å². The van der Waals surface area contributed by atoms with Gasteiger partial charge in [-0.3, -0.25) is 9.69 Å². The first-order valence-electron chi connectivity index (χ1n) is 8.88. The second-order valence-corrected chi connectivity index (χ2v) is 6.72. The molecule has 0 saturated carbocycles. The third-order valence-electron chi connectivity index (χ3n) is 5.08. The molecule has 1 amide bonds. The smallest absolute Gasteiger partial charge is 0.246 e. The van der Waals surface area contributed by atoms with Crippen molar-refractivity contribution in [1.29, 1.82) is 0 Å². The lowest BCUT2D eigenvalue weighted by Crippen LogP contribution is -2.52. The van der Waals surface area contributed by atoms with Gasteiger partial charge in [0.2, 0.25) is 5.91 Å². The van der Waals surface area contributed by atoms with E-state index in [1.54, 1.807) is 24.4 Å². The maximum absolute atomic E-state index is 12.3. The predicted molar refractivity (Wildman–Crippen MR) is 94.4 cm³/mol. The first-order chi connectivity index (χ1) is 11.7. The number of hydrogen-bond donors (Lipinski definition) is 0. The fraction of sp³-hybridized carbons (Fsp3) is 0.611. The van der Waals surface area contributed by atoms with Crippen molar-refractivity contribution in [3.8, 4) is 0 Å². The molecule has 0 radical (unpaired) electrons. The van der Waals surface area contributed by atoms with E-state index in [4.69, 9.17) is 0 Å². The Morgan fingerprint density at radius 1 is 1.25 bits per heavy atom. The molecule has 0 bridgehead atoms. The number of nitrogens with zero attached hydrogens (tertiary/aromatic N) is 5. The van der Waals surface area contributed by atoms with Gasteiger partial charge < -0.3 is 9.80 Å². The summed E-state index contributed by atoms with van der Waals surface area (Å²) in [6, 6.07) is 2.47. The summed E-state index contributed by atoms with van der Waals surface area (Å²) < 4.78 is 0. The minimum atomic E-state index is 0.0723. The van der Waals surface area contributed by atoms with Crippen molar-refractivity contribution >= 4 is 12.0 Å². The molecule has 1 aromatic rings. The highest BCUT2D eigenvalue weighted by Crippen LogP contribution is 2.17. The molecule has 0 aliphatic carbocycles. The topological polar surface area (TPSA) is 52.6 Å². The number of hydrogen-bond acceptors (Lipinski definition) is 5. The number of rotatable bonds is 4. The van der Waals surface area contributed by atoms with E-state index in [1.165, 1.54) is 32.1 Å². The largest absolute Gasteiger partial charge is 0.337 e. The first kappa shape index (κ1) is 17.0. The first-order valence-corrected chi connectivity index (χ1v) is 8.88. The van der Waals surface area contributed by atoms with Gasteiger partial charge in [-0.2, -0.15) is 0 Å². The Balaban J connectivity index is 1.44. The molecule has 1 atom stereocenters. The van der Waals surface area contributed by atoms with E-state index in [1.807, 2.05) is 4.90 Å². The average molecular weight is 329 g/mol. The summed E-state index contributed by atoms with van der Waals surface area (Å²) in [7, 11) is 2.24. The Morgan fingerprint density at radius 2 is 2.08 bits per heavy atom. The van der Waals surface area contributed by atoms with Crippen LogP contribution >= 0.6 is 0 Å². The van der Waals surface area contributed by atoms with Gasteiger partial charge in [-0.05, 0) is 38.6 Å². The van der Waals surface area contributed by atoms with Crippen molar-refractivity contribution in [2.75, 3.05) is 46.3 Å². The van der Waals surface area contributed by atoms with E-state index in [9.17, 15) is 4.79 Å². The minimum absolute atomic E-state index is 0.0723. The molecule has 24 heavy (non-hydrogen) atoms. The molecule has 2 fully saturated rings. The van der Waals surface area contributed by atoms with E-state index in [-0.39, 0.29) is 5.91 Å². The van der Waals surface area contributed by atoms with Crippen LogP contribution in [-0.2, 0) is 4.79 Å². The summed E-state index contributed by atoms with van der Waals surface area (Å²) >= 11 is 0. The third-order valence-corrected chi connectivity index (χ3v) is 5.08. The van der Waals surface area contributed by atoms with Gasteiger partial charge in [0.15, 0.2) is 0 Å². The molecule has 2 aliphatic heterocycles. The van der Waals surface area contributed by atoms with Crippen LogP contribution in [0, 0.1) is 0 Å². The van der Waals surface area contributed by atoms with Gasteiger partial charge in [-0.1, -0.05) is 6.42 Å². The quantitative estimate of drug-likeness (QED) is 0.775. The van der Waals surface area contributed by atoms with Crippen molar-refractivity contribution in [3.63, 3.8) is 0 Å². The molecular formula is C18H27N5O. The van der Waals surface area contributed by atoms with Crippen LogP contribution in [0.2, 0.25) is 0 Å². The molecule has 6 nitrogen and oxygen atoms in total. The lowest BCUT2D eigenvalue weighted by atomic mass is 10.0. The number of carbonyl (C=O) groups is 1. The summed E-state index contributed by atoms with van der Waals surface area (Å²) in [4.78, 5) is 27.2. The van der Waals surface area contributed by atoms with Crippen molar-refractivity contribution in [1.82, 2.24) is 24.7 Å². The number of likely N-dealkylation sites (tertiary alicyclic amines) is 1. The van der Waals surface area contributed by atoms with E-state index in [0.29, 0.717) is 6.04 Å². The third kappa shape index (κ3) is 4.61. The molecule has 2 aliphatic rings. The number of aromatic nitrogens is 2. The van der Waals surface area contributed by atoms with Crippen LogP contribution < -0.4 is 0 Å². The molecule has 1 aromatic heterocycles. The van der Waals surface area contributed by atoms with Gasteiger partial charge >= 0.3 is 0 Å². The van der Waals surface area contributed by atoms with Gasteiger partial charge in [0.05, 0.1) is 5.69 Å². The molecular weight excluding hydrogens is 302 g/mol. The van der Waals surface area contributed by atoms with Crippen molar-refractivity contribution in [2.45, 2.75) is 25.3 Å². The predicted octanol–water partition coefficient (Wildman–Crippen LogP) is 1.12. The maximum atomic E-state index is 12.3. The Kier molecular flexibility index (Phi) is 5.93. The van der Waals surface area contributed by atoms with Crippen LogP contribution in [0.15, 0.2) is 24.7 Å². The van der Waals surface area contributed by atoms with Crippen molar-refractivity contribution in [3.05, 3.63) is 30.4 Å². The average Bonchev–Trinajstić information content (AvgIpc) is 2.63. The number of piperazine rings is 1. The monoisotopic (exact) mass is 329 g/mol. The summed E-state index contributed by atoms with van der Waals surface area (Å²) in [5, 5.41) is 0. The number of amides is 1. The second kappa shape index (κ2) is 8.35. The summed E-state index contributed by atoms with van der Waals surface area (Å²) in [5.74, 6) is 0.0723. The van der Waals surface area contributed by atoms with Crippen molar-refractivity contribution in [2.24, 2.45) is 0 Å². The fourth-order valence-corrected chi connectivity index (χ4v) is 3.49. The highest BCUT2D eigenvalue weighted by Gasteiger charge is 2.25. The van der Waals surface area contributed by atoms with Crippen LogP contribution in [0.5, 0.6) is 0 Å². The Bertz CT molecular complexity index is 554. The Labute approximate surface area is 144 Å². The molecule has 3 heterocycles. The van der Waals surface area contributed by atoms with Crippen molar-refractivity contribution < 1.29 is 4.79 Å². The highest BCUT2D eigenvalue weighted by atomic mass is 16.2. The zero-order chi connectivity index (χ0) is 16.8. The zero-order valence-corrected chi connectivity index (χ0v) is 14.5. The molecule has 130 valence electrons. The SMILES string of the molecule is CN1CCCCC1CN1CCN(C(=O)/C=C/c2ccncn2)CC1. The van der Waals surface area contributed by atoms with Gasteiger partial charge in [0, 0.05) is 51.0 Å². The van der Waals surface area contributed by atoms with Crippen LogP contribution in [0.25, 0.3) is 6.08 Å². The van der Waals surface area contributed by atoms with Gasteiger partial charge in [0.1, 0.15) is 6.33 Å². The standard InChI is InChI=1S/C18H27N5O/c1-21-9-3-2-4-17(21)14-22-10-12-23(13-11-22)18(24)6-5-16-7-8-19-15-20-16/h5-8,15,17H,2-4,9-14H2,1H3/b6-5+. The summed E-state index contributed by atoms with van der Waals surface area (Å²) in [6.45, 7) is 5.91. The normalized spacial score (nSPS) is 23.7. The summed E-state index contributed by atoms with van der Waals surface area (Å²) in [6.07, 6.45) is 10.5. The minimum Gasteiger partial charge on any atom is -0.337 e. The molecule has 0 spiro atoms. The molecule has 3 rings (SSSR count). The number of likely N-dealkylation sites (N-methyl/N-ethyl adjacent to an activating group) is 1. The van der Waals surface area contributed by atoms with Crippen LogP contribution in [0.1, 0.15) is 25.0 Å². The van der Waals surface area contributed by atoms with E-state index in [0.717, 1.165) is 38.4 Å². The van der Waals surface area contributed by atoms with Crippen LogP contribution in [0.3, 0.4) is 0 Å². The number of carbonyl (C=O) groups excluding carboxylic acids is 1. The highest BCUT2D eigenvalue weighted by molar-refractivity contribution is 5.91. The summed E-state index contributed by atoms with van der Waals surface area (Å²) in [5.41, 5.74) is 0.761. The van der Waals surface area contributed by atoms with Gasteiger partial charge in [0.25, 0.3) is 0 Å². The molecule has 0 aromatic carbocycles. The molecule has 1 unspecified atom stereocenters. The lowest BCUT2D eigenvalue weighted by Gasteiger charge is -2.40.